The van der Waals surface area contributed by atoms with Gasteiger partial charge in [-0.15, -0.1) is 0 Å². The summed E-state index contributed by atoms with van der Waals surface area (Å²) in [5, 5.41) is 13.1. The Morgan fingerprint density at radius 2 is 2.31 bits per heavy atom. The van der Waals surface area contributed by atoms with Gasteiger partial charge >= 0.3 is 0 Å². The molecule has 1 aromatic carbocycles. The van der Waals surface area contributed by atoms with E-state index in [1.807, 2.05) is 12.1 Å². The van der Waals surface area contributed by atoms with Gasteiger partial charge in [0.25, 0.3) is 0 Å². The topological polar surface area (TPSA) is 32.3 Å². The van der Waals surface area contributed by atoms with E-state index in [2.05, 4.69) is 28.2 Å². The average Bonchev–Trinajstić information content (AvgIpc) is 2.27. The highest BCUT2D eigenvalue weighted by molar-refractivity contribution is 9.10. The van der Waals surface area contributed by atoms with Crippen molar-refractivity contribution in [1.82, 2.24) is 5.32 Å². The third-order valence-electron chi connectivity index (χ3n) is 3.31. The van der Waals surface area contributed by atoms with E-state index in [-0.39, 0.29) is 0 Å². The van der Waals surface area contributed by atoms with Gasteiger partial charge in [0.1, 0.15) is 5.75 Å². The van der Waals surface area contributed by atoms with Gasteiger partial charge in [-0.25, -0.2) is 0 Å². The van der Waals surface area contributed by atoms with Crippen molar-refractivity contribution < 1.29 is 5.11 Å². The predicted octanol–water partition coefficient (Wildman–Crippen LogP) is 3.01. The molecule has 1 unspecified atom stereocenters. The summed E-state index contributed by atoms with van der Waals surface area (Å²) in [6.07, 6.45) is 3.63. The second kappa shape index (κ2) is 5.19. The normalized spacial score (nSPS) is 21.0. The number of piperidine rings is 1. The molecule has 0 aliphatic carbocycles. The summed E-state index contributed by atoms with van der Waals surface area (Å²) in [4.78, 5) is 0. The van der Waals surface area contributed by atoms with Crippen LogP contribution in [0.3, 0.4) is 0 Å². The Balaban J connectivity index is 2.11. The zero-order valence-electron chi connectivity index (χ0n) is 9.59. The summed E-state index contributed by atoms with van der Waals surface area (Å²) in [7, 11) is 0. The number of nitrogens with one attached hydrogen (secondary N) is 1. The van der Waals surface area contributed by atoms with Crippen LogP contribution in [0.15, 0.2) is 16.6 Å². The zero-order valence-corrected chi connectivity index (χ0v) is 11.2. The molecule has 1 fully saturated rings. The van der Waals surface area contributed by atoms with Gasteiger partial charge in [0.05, 0.1) is 4.47 Å². The summed E-state index contributed by atoms with van der Waals surface area (Å²) in [6, 6.07) is 3.90. The standard InChI is InChI=1S/C13H18BrNO/c1-9-5-12(14)13(16)7-11(9)6-10-3-2-4-15-8-10/h5,7,10,15-16H,2-4,6,8H2,1H3. The molecule has 2 N–H and O–H groups in total. The molecule has 1 saturated heterocycles. The molecule has 1 heterocycles. The van der Waals surface area contributed by atoms with Crippen molar-refractivity contribution in [2.24, 2.45) is 5.92 Å². The molecule has 0 spiro atoms. The van der Waals surface area contributed by atoms with Crippen molar-refractivity contribution in [3.05, 3.63) is 27.7 Å². The second-order valence-electron chi connectivity index (χ2n) is 4.65. The first-order valence-corrected chi connectivity index (χ1v) is 6.65. The Labute approximate surface area is 105 Å². The van der Waals surface area contributed by atoms with Crippen LogP contribution in [-0.2, 0) is 6.42 Å². The van der Waals surface area contributed by atoms with Crippen LogP contribution in [0.2, 0.25) is 0 Å². The van der Waals surface area contributed by atoms with Crippen LogP contribution >= 0.6 is 15.9 Å². The third kappa shape index (κ3) is 2.77. The number of hydrogen-bond donors (Lipinski definition) is 2. The summed E-state index contributed by atoms with van der Waals surface area (Å²) < 4.78 is 0.788. The molecular weight excluding hydrogens is 266 g/mol. The Kier molecular flexibility index (Phi) is 3.87. The first-order chi connectivity index (χ1) is 7.66. The fourth-order valence-corrected chi connectivity index (χ4v) is 2.79. The van der Waals surface area contributed by atoms with E-state index in [0.29, 0.717) is 11.7 Å². The molecular formula is C13H18BrNO. The van der Waals surface area contributed by atoms with Crippen LogP contribution in [0.4, 0.5) is 0 Å². The molecule has 1 aliphatic rings. The summed E-state index contributed by atoms with van der Waals surface area (Å²) >= 11 is 3.34. The first-order valence-electron chi connectivity index (χ1n) is 5.85. The summed E-state index contributed by atoms with van der Waals surface area (Å²) in [5.74, 6) is 1.07. The average molecular weight is 284 g/mol. The molecule has 2 nitrogen and oxygen atoms in total. The lowest BCUT2D eigenvalue weighted by molar-refractivity contribution is 0.375. The highest BCUT2D eigenvalue weighted by atomic mass is 79.9. The molecule has 16 heavy (non-hydrogen) atoms. The SMILES string of the molecule is Cc1cc(Br)c(O)cc1CC1CCCNC1. The van der Waals surface area contributed by atoms with Gasteiger partial charge in [0, 0.05) is 0 Å². The third-order valence-corrected chi connectivity index (χ3v) is 3.95. The minimum Gasteiger partial charge on any atom is -0.507 e. The van der Waals surface area contributed by atoms with Gasteiger partial charge in [0.2, 0.25) is 0 Å². The number of halogens is 1. The molecule has 0 saturated carbocycles. The number of rotatable bonds is 2. The van der Waals surface area contributed by atoms with E-state index in [4.69, 9.17) is 0 Å². The van der Waals surface area contributed by atoms with Gasteiger partial charge in [-0.1, -0.05) is 0 Å². The molecule has 3 heteroatoms. The zero-order chi connectivity index (χ0) is 11.5. The largest absolute Gasteiger partial charge is 0.507 e. The lowest BCUT2D eigenvalue weighted by Crippen LogP contribution is -2.30. The molecule has 1 aliphatic heterocycles. The Bertz CT molecular complexity index is 372. The van der Waals surface area contributed by atoms with Crippen molar-refractivity contribution >= 4 is 15.9 Å². The molecule has 2 rings (SSSR count). The number of benzene rings is 1. The maximum atomic E-state index is 9.69. The lowest BCUT2D eigenvalue weighted by atomic mass is 9.90. The highest BCUT2D eigenvalue weighted by Crippen LogP contribution is 2.29. The molecule has 0 bridgehead atoms. The number of aryl methyl sites for hydroxylation is 1. The Hall–Kier alpha value is -0.540. The number of phenols is 1. The maximum Gasteiger partial charge on any atom is 0.130 e. The first kappa shape index (κ1) is 11.9. The Morgan fingerprint density at radius 3 is 3.00 bits per heavy atom. The van der Waals surface area contributed by atoms with E-state index in [9.17, 15) is 5.11 Å². The van der Waals surface area contributed by atoms with E-state index in [0.717, 1.165) is 24.0 Å². The van der Waals surface area contributed by atoms with E-state index < -0.39 is 0 Å². The highest BCUT2D eigenvalue weighted by Gasteiger charge is 2.15. The van der Waals surface area contributed by atoms with Crippen LogP contribution in [-0.4, -0.2) is 18.2 Å². The predicted molar refractivity (Wildman–Crippen MR) is 69.8 cm³/mol. The van der Waals surface area contributed by atoms with Crippen molar-refractivity contribution in [3.8, 4) is 5.75 Å². The van der Waals surface area contributed by atoms with Crippen molar-refractivity contribution in [3.63, 3.8) is 0 Å². The summed E-state index contributed by atoms with van der Waals surface area (Å²) in [6.45, 7) is 4.37. The van der Waals surface area contributed by atoms with Gasteiger partial charge in [-0.3, -0.25) is 0 Å². The van der Waals surface area contributed by atoms with Crippen LogP contribution in [0, 0.1) is 12.8 Å². The van der Waals surface area contributed by atoms with E-state index >= 15 is 0 Å². The van der Waals surface area contributed by atoms with Gasteiger partial charge in [-0.2, -0.15) is 0 Å². The maximum absolute atomic E-state index is 9.69. The molecule has 0 amide bonds. The van der Waals surface area contributed by atoms with Crippen molar-refractivity contribution in [1.29, 1.82) is 0 Å². The van der Waals surface area contributed by atoms with E-state index in [1.54, 1.807) is 0 Å². The Morgan fingerprint density at radius 1 is 1.50 bits per heavy atom. The molecule has 88 valence electrons. The molecule has 0 radical (unpaired) electrons. The van der Waals surface area contributed by atoms with Crippen LogP contribution in [0.25, 0.3) is 0 Å². The van der Waals surface area contributed by atoms with Crippen LogP contribution in [0.1, 0.15) is 24.0 Å². The second-order valence-corrected chi connectivity index (χ2v) is 5.50. The van der Waals surface area contributed by atoms with E-state index in [1.165, 1.54) is 24.0 Å². The smallest absolute Gasteiger partial charge is 0.130 e. The van der Waals surface area contributed by atoms with Gasteiger partial charge in [0.15, 0.2) is 0 Å². The minimum atomic E-state index is 0.351. The molecule has 1 atom stereocenters. The van der Waals surface area contributed by atoms with Gasteiger partial charge < -0.3 is 10.4 Å². The lowest BCUT2D eigenvalue weighted by Gasteiger charge is -2.23. The van der Waals surface area contributed by atoms with Crippen molar-refractivity contribution in [2.45, 2.75) is 26.2 Å². The summed E-state index contributed by atoms with van der Waals surface area (Å²) in [5.41, 5.74) is 2.53. The van der Waals surface area contributed by atoms with Crippen molar-refractivity contribution in [2.75, 3.05) is 13.1 Å². The number of aromatic hydroxyl groups is 1. The van der Waals surface area contributed by atoms with Gasteiger partial charge in [-0.05, 0) is 84.4 Å². The molecule has 0 aromatic heterocycles. The minimum absolute atomic E-state index is 0.351. The molecule has 1 aromatic rings. The number of phenolic OH excluding ortho intramolecular Hbond substituents is 1. The van der Waals surface area contributed by atoms with Crippen LogP contribution < -0.4 is 5.32 Å². The number of hydrogen-bond acceptors (Lipinski definition) is 2. The monoisotopic (exact) mass is 283 g/mol. The fourth-order valence-electron chi connectivity index (χ4n) is 2.33. The van der Waals surface area contributed by atoms with Crippen LogP contribution in [0.5, 0.6) is 5.75 Å². The quantitative estimate of drug-likeness (QED) is 0.875. The fraction of sp³-hybridized carbons (Fsp3) is 0.538.